The molecule has 1 aromatic rings. The van der Waals surface area contributed by atoms with Gasteiger partial charge in [0.2, 0.25) is 0 Å². The monoisotopic (exact) mass is 411 g/mol. The van der Waals surface area contributed by atoms with Crippen LogP contribution in [-0.4, -0.2) is 57.0 Å². The van der Waals surface area contributed by atoms with Crippen LogP contribution in [0, 0.1) is 0 Å². The zero-order valence-corrected chi connectivity index (χ0v) is 16.1. The molecule has 0 aromatic heterocycles. The summed E-state index contributed by atoms with van der Waals surface area (Å²) in [6.45, 7) is 2.31. The van der Waals surface area contributed by atoms with Crippen LogP contribution in [0.5, 0.6) is 11.5 Å². The summed E-state index contributed by atoms with van der Waals surface area (Å²) < 4.78 is 10.7. The molecule has 1 fully saturated rings. The summed E-state index contributed by atoms with van der Waals surface area (Å²) in [4.78, 5) is 35.9. The van der Waals surface area contributed by atoms with Gasteiger partial charge in [0.25, 0.3) is 5.91 Å². The Morgan fingerprint density at radius 3 is 2.59 bits per heavy atom. The van der Waals surface area contributed by atoms with Crippen molar-refractivity contribution in [2.75, 3.05) is 13.7 Å². The van der Waals surface area contributed by atoms with E-state index in [-0.39, 0.29) is 9.23 Å². The number of methoxy groups -OCH3 is 1. The molecule has 0 unspecified atom stereocenters. The number of amides is 1. The van der Waals surface area contributed by atoms with Crippen molar-refractivity contribution in [3.63, 3.8) is 0 Å². The summed E-state index contributed by atoms with van der Waals surface area (Å²) in [7, 11) is 1.49. The fraction of sp³-hybridized carbons (Fsp3) is 0.294. The number of thioether (sulfide) groups is 1. The molecule has 8 nitrogen and oxygen atoms in total. The van der Waals surface area contributed by atoms with Crippen LogP contribution in [0.4, 0.5) is 0 Å². The lowest BCUT2D eigenvalue weighted by Crippen LogP contribution is -2.45. The summed E-state index contributed by atoms with van der Waals surface area (Å²) in [5.41, 5.74) is 0.626. The number of carbonyl (C=O) groups is 3. The fourth-order valence-corrected chi connectivity index (χ4v) is 3.76. The molecule has 2 rings (SSSR count). The van der Waals surface area contributed by atoms with Crippen molar-refractivity contribution < 1.29 is 34.1 Å². The Morgan fingerprint density at radius 1 is 1.33 bits per heavy atom. The third-order valence-corrected chi connectivity index (χ3v) is 4.90. The van der Waals surface area contributed by atoms with Crippen LogP contribution in [0.1, 0.15) is 18.9 Å². The first-order chi connectivity index (χ1) is 12.8. The van der Waals surface area contributed by atoms with Crippen LogP contribution >= 0.6 is 24.0 Å². The maximum atomic E-state index is 12.6. The highest BCUT2D eigenvalue weighted by Crippen LogP contribution is 2.36. The van der Waals surface area contributed by atoms with Crippen molar-refractivity contribution in [3.05, 3.63) is 28.7 Å². The minimum Gasteiger partial charge on any atom is -0.493 e. The highest BCUT2D eigenvalue weighted by molar-refractivity contribution is 8.26. The molecule has 0 saturated carbocycles. The minimum atomic E-state index is -1.56. The Balaban J connectivity index is 2.32. The summed E-state index contributed by atoms with van der Waals surface area (Å²) in [5, 5.41) is 18.2. The Morgan fingerprint density at radius 2 is 2.04 bits per heavy atom. The standard InChI is InChI=1S/C17H17NO7S2/c1-3-25-11-5-4-9(6-12(11)24-2)7-13-15(21)18(17(26)27-13)10(16(22)23)8-14(19)20/h4-7,10H,3,8H2,1-2H3,(H,19,20)(H,22,23)/b13-7+/t10-/m1/s1. The van der Waals surface area contributed by atoms with Gasteiger partial charge in [0.1, 0.15) is 10.4 Å². The van der Waals surface area contributed by atoms with Crippen molar-refractivity contribution in [1.29, 1.82) is 0 Å². The van der Waals surface area contributed by atoms with Gasteiger partial charge >= 0.3 is 11.9 Å². The normalized spacial score (nSPS) is 16.5. The number of benzene rings is 1. The van der Waals surface area contributed by atoms with Crippen molar-refractivity contribution in [2.24, 2.45) is 0 Å². The smallest absolute Gasteiger partial charge is 0.327 e. The zero-order chi connectivity index (χ0) is 20.1. The molecule has 1 saturated heterocycles. The first-order valence-corrected chi connectivity index (χ1v) is 9.03. The third kappa shape index (κ3) is 4.77. The average Bonchev–Trinajstić information content (AvgIpc) is 2.87. The van der Waals surface area contributed by atoms with Crippen LogP contribution in [0.2, 0.25) is 0 Å². The molecule has 0 aliphatic carbocycles. The summed E-state index contributed by atoms with van der Waals surface area (Å²) in [5.74, 6) is -2.38. The van der Waals surface area contributed by atoms with E-state index in [9.17, 15) is 19.5 Å². The summed E-state index contributed by atoms with van der Waals surface area (Å²) in [6.07, 6.45) is 0.795. The Labute approximate surface area is 164 Å². The number of carboxylic acids is 2. The SMILES string of the molecule is CCOc1ccc(/C=C2/SC(=S)N([C@H](CC(=O)O)C(=O)O)C2=O)cc1OC. The Kier molecular flexibility index (Phi) is 6.81. The number of carboxylic acid groups (broad SMARTS) is 2. The number of nitrogens with zero attached hydrogens (tertiary/aromatic N) is 1. The largest absolute Gasteiger partial charge is 0.493 e. The van der Waals surface area contributed by atoms with E-state index in [1.165, 1.54) is 13.2 Å². The molecule has 10 heteroatoms. The molecular formula is C17H17NO7S2. The maximum Gasteiger partial charge on any atom is 0.327 e. The van der Waals surface area contributed by atoms with Gasteiger partial charge in [-0.2, -0.15) is 0 Å². The van der Waals surface area contributed by atoms with Crippen LogP contribution in [0.3, 0.4) is 0 Å². The molecule has 1 heterocycles. The topological polar surface area (TPSA) is 113 Å². The molecule has 1 amide bonds. The lowest BCUT2D eigenvalue weighted by molar-refractivity contribution is -0.150. The van der Waals surface area contributed by atoms with E-state index in [1.807, 2.05) is 6.92 Å². The van der Waals surface area contributed by atoms with Gasteiger partial charge in [-0.05, 0) is 30.7 Å². The van der Waals surface area contributed by atoms with Gasteiger partial charge < -0.3 is 19.7 Å². The summed E-state index contributed by atoms with van der Waals surface area (Å²) >= 11 is 6.01. The second-order valence-electron chi connectivity index (χ2n) is 5.35. The van der Waals surface area contributed by atoms with E-state index in [0.29, 0.717) is 23.7 Å². The molecule has 0 radical (unpaired) electrons. The lowest BCUT2D eigenvalue weighted by Gasteiger charge is -2.21. The molecule has 144 valence electrons. The van der Waals surface area contributed by atoms with Crippen molar-refractivity contribution >= 4 is 52.2 Å². The predicted molar refractivity (Wildman–Crippen MR) is 103 cm³/mol. The van der Waals surface area contributed by atoms with Gasteiger partial charge in [0, 0.05) is 0 Å². The third-order valence-electron chi connectivity index (χ3n) is 3.57. The molecule has 1 aliphatic rings. The highest BCUT2D eigenvalue weighted by Gasteiger charge is 2.41. The van der Waals surface area contributed by atoms with Crippen LogP contribution in [-0.2, 0) is 14.4 Å². The van der Waals surface area contributed by atoms with E-state index in [2.05, 4.69) is 0 Å². The van der Waals surface area contributed by atoms with Gasteiger partial charge in [-0.3, -0.25) is 14.5 Å². The molecular weight excluding hydrogens is 394 g/mol. The van der Waals surface area contributed by atoms with Gasteiger partial charge in [0.15, 0.2) is 11.5 Å². The number of carbonyl (C=O) groups excluding carboxylic acids is 1. The lowest BCUT2D eigenvalue weighted by atomic mass is 10.1. The van der Waals surface area contributed by atoms with Crippen LogP contribution in [0.25, 0.3) is 6.08 Å². The first-order valence-electron chi connectivity index (χ1n) is 7.81. The van der Waals surface area contributed by atoms with Gasteiger partial charge in [-0.15, -0.1) is 0 Å². The van der Waals surface area contributed by atoms with Gasteiger partial charge in [-0.1, -0.05) is 30.0 Å². The van der Waals surface area contributed by atoms with E-state index in [1.54, 1.807) is 18.2 Å². The average molecular weight is 411 g/mol. The quantitative estimate of drug-likeness (QED) is 0.491. The Hall–Kier alpha value is -2.59. The number of ether oxygens (including phenoxy) is 2. The maximum absolute atomic E-state index is 12.6. The van der Waals surface area contributed by atoms with Crippen molar-refractivity contribution in [2.45, 2.75) is 19.4 Å². The van der Waals surface area contributed by atoms with Crippen LogP contribution < -0.4 is 9.47 Å². The van der Waals surface area contributed by atoms with Crippen molar-refractivity contribution in [1.82, 2.24) is 4.90 Å². The van der Waals surface area contributed by atoms with Gasteiger partial charge in [0.05, 0.1) is 25.0 Å². The number of hydrogen-bond donors (Lipinski definition) is 2. The molecule has 0 bridgehead atoms. The van der Waals surface area contributed by atoms with E-state index in [0.717, 1.165) is 16.7 Å². The van der Waals surface area contributed by atoms with E-state index in [4.69, 9.17) is 26.8 Å². The molecule has 27 heavy (non-hydrogen) atoms. The van der Waals surface area contributed by atoms with Gasteiger partial charge in [-0.25, -0.2) is 4.79 Å². The summed E-state index contributed by atoms with van der Waals surface area (Å²) in [6, 6.07) is 3.52. The molecule has 0 spiro atoms. The molecule has 1 atom stereocenters. The van der Waals surface area contributed by atoms with E-state index < -0.39 is 30.3 Å². The predicted octanol–water partition coefficient (Wildman–Crippen LogP) is 2.22. The van der Waals surface area contributed by atoms with E-state index >= 15 is 0 Å². The molecule has 1 aliphatic heterocycles. The number of thiocarbonyl (C=S) groups is 1. The minimum absolute atomic E-state index is 0.00204. The highest BCUT2D eigenvalue weighted by atomic mass is 32.2. The zero-order valence-electron chi connectivity index (χ0n) is 14.5. The molecule has 1 aromatic carbocycles. The second-order valence-corrected chi connectivity index (χ2v) is 7.02. The van der Waals surface area contributed by atoms with Crippen LogP contribution in [0.15, 0.2) is 23.1 Å². The fourth-order valence-electron chi connectivity index (χ4n) is 2.40. The first kappa shape index (κ1) is 20.7. The number of aliphatic carboxylic acids is 2. The number of hydrogen-bond acceptors (Lipinski definition) is 7. The number of rotatable bonds is 8. The second kappa shape index (κ2) is 8.87. The van der Waals surface area contributed by atoms with Crippen molar-refractivity contribution in [3.8, 4) is 11.5 Å². The Bertz CT molecular complexity index is 821. The molecule has 2 N–H and O–H groups in total.